The van der Waals surface area contributed by atoms with Crippen molar-refractivity contribution in [1.29, 1.82) is 0 Å². The van der Waals surface area contributed by atoms with Gasteiger partial charge in [0, 0.05) is 45.3 Å². The summed E-state index contributed by atoms with van der Waals surface area (Å²) in [6.45, 7) is 3.28. The predicted molar refractivity (Wildman–Crippen MR) is 92.1 cm³/mol. The van der Waals surface area contributed by atoms with Gasteiger partial charge in [0.15, 0.2) is 11.6 Å². The Kier molecular flexibility index (Phi) is 5.17. The number of hydrogen-bond acceptors (Lipinski definition) is 5. The highest BCUT2D eigenvalue weighted by Gasteiger charge is 2.33. The second-order valence-corrected chi connectivity index (χ2v) is 6.44. The minimum Gasteiger partial charge on any atom is -0.335 e. The molecular formula is C17H19F2N5O3. The molecule has 0 saturated carbocycles. The smallest absolute Gasteiger partial charge is 0.322 e. The van der Waals surface area contributed by atoms with Gasteiger partial charge in [-0.15, -0.1) is 0 Å². The van der Waals surface area contributed by atoms with Gasteiger partial charge in [-0.05, 0) is 13.0 Å². The van der Waals surface area contributed by atoms with Crippen molar-refractivity contribution < 1.29 is 18.5 Å². The molecule has 1 saturated heterocycles. The molecule has 0 spiro atoms. The van der Waals surface area contributed by atoms with Gasteiger partial charge in [0.1, 0.15) is 5.69 Å². The lowest BCUT2D eigenvalue weighted by Gasteiger charge is -2.34. The van der Waals surface area contributed by atoms with Gasteiger partial charge in [0.25, 0.3) is 5.91 Å². The van der Waals surface area contributed by atoms with Crippen LogP contribution in [-0.4, -0.2) is 56.6 Å². The molecule has 0 bridgehead atoms. The van der Waals surface area contributed by atoms with Gasteiger partial charge < -0.3 is 4.90 Å². The van der Waals surface area contributed by atoms with Gasteiger partial charge in [-0.2, -0.15) is 5.10 Å². The van der Waals surface area contributed by atoms with Gasteiger partial charge in [0.05, 0.1) is 4.92 Å². The molecule has 0 aliphatic carbocycles. The molecule has 0 N–H and O–H groups in total. The van der Waals surface area contributed by atoms with Crippen LogP contribution in [0.4, 0.5) is 14.5 Å². The standard InChI is InChI=1S/C17H19F2N5O3/c1-11-15(24(26)27)16(21(2)20-11)17(25)23-8-6-22(7-9-23)10-12-4-3-5-13(18)14(12)19/h3-5H,6-10H2,1-2H3. The van der Waals surface area contributed by atoms with E-state index < -0.39 is 22.5 Å². The number of amides is 1. The summed E-state index contributed by atoms with van der Waals surface area (Å²) in [5.41, 5.74) is 0.104. The van der Waals surface area contributed by atoms with E-state index in [1.54, 1.807) is 0 Å². The zero-order valence-corrected chi connectivity index (χ0v) is 15.0. The number of nitro groups is 1. The maximum atomic E-state index is 13.8. The summed E-state index contributed by atoms with van der Waals surface area (Å²) in [7, 11) is 1.50. The van der Waals surface area contributed by atoms with E-state index in [1.165, 1.54) is 35.7 Å². The molecule has 1 aliphatic rings. The summed E-state index contributed by atoms with van der Waals surface area (Å²) < 4.78 is 28.4. The fourth-order valence-corrected chi connectivity index (χ4v) is 3.28. The SMILES string of the molecule is Cc1nn(C)c(C(=O)N2CCN(Cc3cccc(F)c3F)CC2)c1[N+](=O)[O-]. The number of nitrogens with zero attached hydrogens (tertiary/aromatic N) is 5. The Hall–Kier alpha value is -2.88. The van der Waals surface area contributed by atoms with Crippen molar-refractivity contribution >= 4 is 11.6 Å². The minimum absolute atomic E-state index is 0.0536. The summed E-state index contributed by atoms with van der Waals surface area (Å²) in [5, 5.41) is 15.2. The van der Waals surface area contributed by atoms with Crippen molar-refractivity contribution in [2.24, 2.45) is 7.05 Å². The Morgan fingerprint density at radius 3 is 2.56 bits per heavy atom. The first-order valence-corrected chi connectivity index (χ1v) is 8.42. The van der Waals surface area contributed by atoms with Crippen LogP contribution in [0.5, 0.6) is 0 Å². The van der Waals surface area contributed by atoms with Crippen molar-refractivity contribution in [3.63, 3.8) is 0 Å². The molecule has 8 nitrogen and oxygen atoms in total. The van der Waals surface area contributed by atoms with Crippen LogP contribution in [0.25, 0.3) is 0 Å². The number of benzene rings is 1. The highest BCUT2D eigenvalue weighted by Crippen LogP contribution is 2.24. The van der Waals surface area contributed by atoms with Gasteiger partial charge in [-0.3, -0.25) is 24.5 Å². The number of piperazine rings is 1. The van der Waals surface area contributed by atoms with E-state index in [9.17, 15) is 23.7 Å². The first-order chi connectivity index (χ1) is 12.8. The van der Waals surface area contributed by atoms with Crippen LogP contribution in [-0.2, 0) is 13.6 Å². The van der Waals surface area contributed by atoms with Gasteiger partial charge in [-0.25, -0.2) is 8.78 Å². The number of halogens is 2. The van der Waals surface area contributed by atoms with E-state index in [-0.39, 0.29) is 29.2 Å². The maximum Gasteiger partial charge on any atom is 0.322 e. The van der Waals surface area contributed by atoms with Crippen molar-refractivity contribution in [2.45, 2.75) is 13.5 Å². The molecule has 1 amide bonds. The fourth-order valence-electron chi connectivity index (χ4n) is 3.28. The first-order valence-electron chi connectivity index (χ1n) is 8.42. The molecule has 2 heterocycles. The highest BCUT2D eigenvalue weighted by atomic mass is 19.2. The normalized spacial score (nSPS) is 15.2. The molecule has 27 heavy (non-hydrogen) atoms. The Bertz CT molecular complexity index is 891. The van der Waals surface area contributed by atoms with Crippen molar-refractivity contribution in [3.05, 3.63) is 56.9 Å². The van der Waals surface area contributed by atoms with E-state index in [1.807, 2.05) is 4.90 Å². The number of rotatable bonds is 4. The average Bonchev–Trinajstić information content (AvgIpc) is 2.93. The van der Waals surface area contributed by atoms with E-state index in [0.717, 1.165) is 6.07 Å². The van der Waals surface area contributed by atoms with Gasteiger partial charge >= 0.3 is 5.69 Å². The molecule has 0 atom stereocenters. The summed E-state index contributed by atoms with van der Waals surface area (Å²) in [5.74, 6) is -2.21. The van der Waals surface area contributed by atoms with Crippen molar-refractivity contribution in [2.75, 3.05) is 26.2 Å². The minimum atomic E-state index is -0.889. The molecule has 1 aliphatic heterocycles. The van der Waals surface area contributed by atoms with Crippen LogP contribution in [0.15, 0.2) is 18.2 Å². The molecular weight excluding hydrogens is 360 g/mol. The average molecular weight is 379 g/mol. The third-order valence-electron chi connectivity index (χ3n) is 4.66. The Morgan fingerprint density at radius 2 is 1.93 bits per heavy atom. The van der Waals surface area contributed by atoms with Crippen LogP contribution in [0, 0.1) is 28.7 Å². The number of aryl methyl sites for hydroxylation is 2. The molecule has 1 fully saturated rings. The quantitative estimate of drug-likeness (QED) is 0.598. The lowest BCUT2D eigenvalue weighted by molar-refractivity contribution is -0.385. The number of aromatic nitrogens is 2. The van der Waals surface area contributed by atoms with Gasteiger partial charge in [-0.1, -0.05) is 12.1 Å². The largest absolute Gasteiger partial charge is 0.335 e. The molecule has 0 unspecified atom stereocenters. The van der Waals surface area contributed by atoms with Crippen molar-refractivity contribution in [3.8, 4) is 0 Å². The Balaban J connectivity index is 1.68. The molecule has 1 aromatic heterocycles. The molecule has 2 aromatic rings. The van der Waals surface area contributed by atoms with E-state index in [0.29, 0.717) is 26.2 Å². The summed E-state index contributed by atoms with van der Waals surface area (Å²) in [6.07, 6.45) is 0. The highest BCUT2D eigenvalue weighted by molar-refractivity contribution is 5.97. The summed E-state index contributed by atoms with van der Waals surface area (Å²) in [4.78, 5) is 26.8. The molecule has 0 radical (unpaired) electrons. The number of carbonyl (C=O) groups is 1. The maximum absolute atomic E-state index is 13.8. The fraction of sp³-hybridized carbons (Fsp3) is 0.412. The van der Waals surface area contributed by atoms with Crippen LogP contribution in [0.3, 0.4) is 0 Å². The third-order valence-corrected chi connectivity index (χ3v) is 4.66. The predicted octanol–water partition coefficient (Wildman–Crippen LogP) is 1.87. The van der Waals surface area contributed by atoms with E-state index in [4.69, 9.17) is 0 Å². The van der Waals surface area contributed by atoms with Crippen LogP contribution >= 0.6 is 0 Å². The molecule has 144 valence electrons. The third kappa shape index (κ3) is 3.65. The van der Waals surface area contributed by atoms with Crippen LogP contribution < -0.4 is 0 Å². The van der Waals surface area contributed by atoms with Crippen LogP contribution in [0.2, 0.25) is 0 Å². The second kappa shape index (κ2) is 7.39. The number of hydrogen-bond donors (Lipinski definition) is 0. The van der Waals surface area contributed by atoms with E-state index >= 15 is 0 Å². The zero-order chi connectivity index (χ0) is 19.7. The van der Waals surface area contributed by atoms with Gasteiger partial charge in [0.2, 0.25) is 5.69 Å². The zero-order valence-electron chi connectivity index (χ0n) is 15.0. The molecule has 10 heteroatoms. The van der Waals surface area contributed by atoms with E-state index in [2.05, 4.69) is 5.10 Å². The second-order valence-electron chi connectivity index (χ2n) is 6.44. The van der Waals surface area contributed by atoms with Crippen molar-refractivity contribution in [1.82, 2.24) is 19.6 Å². The molecule has 3 rings (SSSR count). The lowest BCUT2D eigenvalue weighted by atomic mass is 10.1. The summed E-state index contributed by atoms with van der Waals surface area (Å²) in [6, 6.07) is 4.05. The monoisotopic (exact) mass is 379 g/mol. The Labute approximate surface area is 154 Å². The Morgan fingerprint density at radius 1 is 1.26 bits per heavy atom. The topological polar surface area (TPSA) is 84.5 Å². The van der Waals surface area contributed by atoms with Crippen LogP contribution in [0.1, 0.15) is 21.7 Å². The summed E-state index contributed by atoms with van der Waals surface area (Å²) >= 11 is 0. The number of carbonyl (C=O) groups excluding carboxylic acids is 1. The first kappa shape index (κ1) is 18.9. The lowest BCUT2D eigenvalue weighted by Crippen LogP contribution is -2.48. The molecule has 1 aromatic carbocycles.